The molecule has 158 valence electrons. The highest BCUT2D eigenvalue weighted by Crippen LogP contribution is 2.27. The van der Waals surface area contributed by atoms with Gasteiger partial charge in [-0.15, -0.1) is 0 Å². The Kier molecular flexibility index (Phi) is 7.52. The predicted molar refractivity (Wildman–Crippen MR) is 122 cm³/mol. The Hall–Kier alpha value is -2.80. The zero-order valence-electron chi connectivity index (χ0n) is 17.6. The lowest BCUT2D eigenvalue weighted by Gasteiger charge is -2.17. The topological polar surface area (TPSA) is 73.2 Å². The van der Waals surface area contributed by atoms with E-state index in [9.17, 15) is 9.59 Å². The number of para-hydroxylation sites is 3. The summed E-state index contributed by atoms with van der Waals surface area (Å²) in [6, 6.07) is 14.8. The van der Waals surface area contributed by atoms with Crippen molar-refractivity contribution in [2.75, 3.05) is 12.4 Å². The van der Waals surface area contributed by atoms with E-state index in [0.717, 1.165) is 12.8 Å². The maximum absolute atomic E-state index is 13.4. The van der Waals surface area contributed by atoms with Crippen LogP contribution in [0.2, 0.25) is 0 Å². The van der Waals surface area contributed by atoms with Crippen molar-refractivity contribution in [2.45, 2.75) is 44.8 Å². The number of hydrogen-bond acceptors (Lipinski definition) is 5. The van der Waals surface area contributed by atoms with Gasteiger partial charge in [-0.3, -0.25) is 14.2 Å². The number of thioether (sulfide) groups is 1. The van der Waals surface area contributed by atoms with Gasteiger partial charge in [-0.2, -0.15) is 0 Å². The van der Waals surface area contributed by atoms with Crippen molar-refractivity contribution in [3.63, 3.8) is 0 Å². The number of amides is 1. The second-order valence-electron chi connectivity index (χ2n) is 6.82. The van der Waals surface area contributed by atoms with Crippen LogP contribution in [-0.2, 0) is 4.79 Å². The van der Waals surface area contributed by atoms with Crippen molar-refractivity contribution in [3.8, 4) is 11.4 Å². The third-order valence-corrected chi connectivity index (χ3v) is 5.77. The number of nitrogens with zero attached hydrogens (tertiary/aromatic N) is 2. The zero-order valence-corrected chi connectivity index (χ0v) is 18.4. The van der Waals surface area contributed by atoms with Gasteiger partial charge in [-0.1, -0.05) is 49.9 Å². The Morgan fingerprint density at radius 2 is 1.80 bits per heavy atom. The highest BCUT2D eigenvalue weighted by molar-refractivity contribution is 7.99. The van der Waals surface area contributed by atoms with Gasteiger partial charge in [0.25, 0.3) is 5.56 Å². The van der Waals surface area contributed by atoms with Gasteiger partial charge in [0.05, 0.1) is 29.0 Å². The molecule has 0 saturated carbocycles. The van der Waals surface area contributed by atoms with E-state index in [1.165, 1.54) is 11.8 Å². The molecule has 0 unspecified atom stereocenters. The number of carbonyl (C=O) groups is 1. The molecule has 0 bridgehead atoms. The molecule has 0 aliphatic carbocycles. The zero-order chi connectivity index (χ0) is 21.5. The normalized spacial score (nSPS) is 11.1. The average Bonchev–Trinajstić information content (AvgIpc) is 2.77. The number of ether oxygens (including phenoxy) is 1. The summed E-state index contributed by atoms with van der Waals surface area (Å²) in [4.78, 5) is 30.5. The summed E-state index contributed by atoms with van der Waals surface area (Å²) in [5.74, 6) is 0.709. The molecule has 0 radical (unpaired) electrons. The number of benzene rings is 2. The third kappa shape index (κ3) is 4.84. The maximum Gasteiger partial charge on any atom is 0.266 e. The first-order valence-electron chi connectivity index (χ1n) is 10.2. The van der Waals surface area contributed by atoms with Crippen molar-refractivity contribution in [1.82, 2.24) is 14.9 Å². The molecule has 0 atom stereocenters. The number of rotatable bonds is 9. The van der Waals surface area contributed by atoms with Crippen molar-refractivity contribution < 1.29 is 9.53 Å². The minimum absolute atomic E-state index is 0.0687. The SMILES string of the molecule is CCOc1ccccc1-n1c(SCC(=O)NC(CC)CC)nc2ccccc2c1=O. The Balaban J connectivity index is 2.04. The summed E-state index contributed by atoms with van der Waals surface area (Å²) in [7, 11) is 0. The summed E-state index contributed by atoms with van der Waals surface area (Å²) in [5.41, 5.74) is 1.04. The van der Waals surface area contributed by atoms with Gasteiger partial charge < -0.3 is 10.1 Å². The summed E-state index contributed by atoms with van der Waals surface area (Å²) in [6.07, 6.45) is 1.77. The largest absolute Gasteiger partial charge is 0.492 e. The summed E-state index contributed by atoms with van der Waals surface area (Å²) in [5, 5.41) is 4.02. The average molecular weight is 426 g/mol. The van der Waals surface area contributed by atoms with Crippen LogP contribution in [0, 0.1) is 0 Å². The van der Waals surface area contributed by atoms with E-state index in [1.54, 1.807) is 10.6 Å². The lowest BCUT2D eigenvalue weighted by Crippen LogP contribution is -2.35. The minimum atomic E-state index is -0.185. The highest BCUT2D eigenvalue weighted by atomic mass is 32.2. The Bertz CT molecular complexity index is 1080. The van der Waals surface area contributed by atoms with Crippen LogP contribution in [0.15, 0.2) is 58.5 Å². The van der Waals surface area contributed by atoms with Crippen LogP contribution < -0.4 is 15.6 Å². The Labute approximate surface area is 180 Å². The fourth-order valence-corrected chi connectivity index (χ4v) is 4.05. The Morgan fingerprint density at radius 1 is 1.10 bits per heavy atom. The number of carbonyl (C=O) groups excluding carboxylic acids is 1. The van der Waals surface area contributed by atoms with Crippen LogP contribution in [0.3, 0.4) is 0 Å². The summed E-state index contributed by atoms with van der Waals surface area (Å²) >= 11 is 1.25. The molecule has 1 heterocycles. The second kappa shape index (κ2) is 10.3. The number of hydrogen-bond donors (Lipinski definition) is 1. The third-order valence-electron chi connectivity index (χ3n) is 4.83. The molecule has 3 rings (SSSR count). The van der Waals surface area contributed by atoms with Crippen LogP contribution in [0.1, 0.15) is 33.6 Å². The van der Waals surface area contributed by atoms with Crippen molar-refractivity contribution in [3.05, 3.63) is 58.9 Å². The molecule has 2 aromatic carbocycles. The van der Waals surface area contributed by atoms with Gasteiger partial charge in [-0.05, 0) is 44.0 Å². The molecule has 0 spiro atoms. The van der Waals surface area contributed by atoms with E-state index >= 15 is 0 Å². The van der Waals surface area contributed by atoms with Gasteiger partial charge in [0.1, 0.15) is 5.75 Å². The minimum Gasteiger partial charge on any atom is -0.492 e. The first-order valence-corrected chi connectivity index (χ1v) is 11.2. The molecule has 1 N–H and O–H groups in total. The van der Waals surface area contributed by atoms with E-state index in [-0.39, 0.29) is 23.3 Å². The number of fused-ring (bicyclic) bond motifs is 1. The van der Waals surface area contributed by atoms with E-state index in [1.807, 2.05) is 49.4 Å². The van der Waals surface area contributed by atoms with Gasteiger partial charge in [0.15, 0.2) is 5.16 Å². The molecule has 6 nitrogen and oxygen atoms in total. The smallest absolute Gasteiger partial charge is 0.266 e. The fourth-order valence-electron chi connectivity index (χ4n) is 3.23. The first-order chi connectivity index (χ1) is 14.6. The lowest BCUT2D eigenvalue weighted by molar-refractivity contribution is -0.119. The maximum atomic E-state index is 13.4. The molecular formula is C23H27N3O3S. The monoisotopic (exact) mass is 425 g/mol. The molecule has 7 heteroatoms. The van der Waals surface area contributed by atoms with Crippen molar-refractivity contribution >= 4 is 28.6 Å². The molecule has 0 aliphatic rings. The van der Waals surface area contributed by atoms with Crippen LogP contribution in [0.5, 0.6) is 5.75 Å². The van der Waals surface area contributed by atoms with E-state index in [4.69, 9.17) is 9.72 Å². The van der Waals surface area contributed by atoms with Gasteiger partial charge in [0.2, 0.25) is 5.91 Å². The molecule has 0 aliphatic heterocycles. The fraction of sp³-hybridized carbons (Fsp3) is 0.348. The van der Waals surface area contributed by atoms with Crippen LogP contribution >= 0.6 is 11.8 Å². The van der Waals surface area contributed by atoms with Crippen molar-refractivity contribution in [2.24, 2.45) is 0 Å². The molecule has 3 aromatic rings. The van der Waals surface area contributed by atoms with E-state index in [2.05, 4.69) is 19.2 Å². The standard InChI is InChI=1S/C23H27N3O3S/c1-4-16(5-2)24-21(27)15-30-23-25-18-12-8-7-11-17(18)22(28)26(23)19-13-9-10-14-20(19)29-6-3/h7-14,16H,4-6,15H2,1-3H3,(H,24,27). The van der Waals surface area contributed by atoms with E-state index in [0.29, 0.717) is 34.1 Å². The quantitative estimate of drug-likeness (QED) is 0.411. The first kappa shape index (κ1) is 21.9. The predicted octanol–water partition coefficient (Wildman–Crippen LogP) is 4.18. The van der Waals surface area contributed by atoms with Crippen LogP contribution in [0.25, 0.3) is 16.6 Å². The molecule has 0 fully saturated rings. The molecule has 30 heavy (non-hydrogen) atoms. The molecule has 1 amide bonds. The summed E-state index contributed by atoms with van der Waals surface area (Å²) in [6.45, 7) is 6.48. The highest BCUT2D eigenvalue weighted by Gasteiger charge is 2.18. The van der Waals surface area contributed by atoms with Crippen LogP contribution in [0.4, 0.5) is 0 Å². The van der Waals surface area contributed by atoms with E-state index < -0.39 is 0 Å². The molecule has 1 aromatic heterocycles. The molecular weight excluding hydrogens is 398 g/mol. The lowest BCUT2D eigenvalue weighted by atomic mass is 10.2. The molecule has 0 saturated heterocycles. The van der Waals surface area contributed by atoms with Gasteiger partial charge in [0, 0.05) is 6.04 Å². The Morgan fingerprint density at radius 3 is 2.53 bits per heavy atom. The number of aromatic nitrogens is 2. The van der Waals surface area contributed by atoms with Gasteiger partial charge >= 0.3 is 0 Å². The van der Waals surface area contributed by atoms with Crippen molar-refractivity contribution in [1.29, 1.82) is 0 Å². The van der Waals surface area contributed by atoms with Gasteiger partial charge in [-0.25, -0.2) is 4.98 Å². The van der Waals surface area contributed by atoms with Crippen LogP contribution in [-0.4, -0.2) is 33.9 Å². The summed E-state index contributed by atoms with van der Waals surface area (Å²) < 4.78 is 7.29. The number of nitrogens with one attached hydrogen (secondary N) is 1. The second-order valence-corrected chi connectivity index (χ2v) is 7.76.